The Morgan fingerprint density at radius 1 is 1.22 bits per heavy atom. The lowest BCUT2D eigenvalue weighted by Gasteiger charge is -2.42. The van der Waals surface area contributed by atoms with Crippen molar-refractivity contribution >= 4 is 16.7 Å². The standard InChI is InChI=1S/C27H36N4O5S/c1-18(2)31-17-24(28-29-31)12-11-22(14-27(32)33)21-10-9-19(3)23(13-21)16-30-15-20(4)36-25-7-5-6-8-26(25)37(30,34)35/h5-10,13,17-18,20,22,34-35H,11-12,14-16H2,1-4H3,(H,32,33)/t20-,22?/m1/s1. The number of carboxylic acid groups (broad SMARTS) is 1. The number of carbonyl (C=O) groups is 1. The molecule has 1 aliphatic heterocycles. The van der Waals surface area contributed by atoms with Gasteiger partial charge in [-0.15, -0.1) is 15.9 Å². The number of rotatable bonds is 9. The summed E-state index contributed by atoms with van der Waals surface area (Å²) in [6, 6.07) is 13.2. The van der Waals surface area contributed by atoms with Crippen LogP contribution in [0.3, 0.4) is 0 Å². The van der Waals surface area contributed by atoms with Crippen LogP contribution in [0.1, 0.15) is 68.0 Å². The number of hydrogen-bond acceptors (Lipinski definition) is 7. The molecule has 0 bridgehead atoms. The highest BCUT2D eigenvalue weighted by Crippen LogP contribution is 2.57. The van der Waals surface area contributed by atoms with E-state index < -0.39 is 16.7 Å². The summed E-state index contributed by atoms with van der Waals surface area (Å²) in [7, 11) is -3.27. The zero-order valence-electron chi connectivity index (χ0n) is 21.7. The third-order valence-corrected chi connectivity index (χ3v) is 8.67. The number of carboxylic acids is 1. The average molecular weight is 529 g/mol. The number of para-hydroxylation sites is 1. The summed E-state index contributed by atoms with van der Waals surface area (Å²) in [6.07, 6.45) is 2.90. The number of aryl methyl sites for hydroxylation is 2. The number of aromatic nitrogens is 3. The van der Waals surface area contributed by atoms with Gasteiger partial charge >= 0.3 is 5.97 Å². The van der Waals surface area contributed by atoms with Gasteiger partial charge in [0.25, 0.3) is 0 Å². The van der Waals surface area contributed by atoms with E-state index in [1.165, 1.54) is 0 Å². The second-order valence-electron chi connectivity index (χ2n) is 10.0. The van der Waals surface area contributed by atoms with E-state index in [0.717, 1.165) is 22.4 Å². The summed E-state index contributed by atoms with van der Waals surface area (Å²) in [4.78, 5) is 12.1. The van der Waals surface area contributed by atoms with Crippen LogP contribution in [0, 0.1) is 6.92 Å². The number of fused-ring (bicyclic) bond motifs is 1. The predicted molar refractivity (Wildman–Crippen MR) is 143 cm³/mol. The summed E-state index contributed by atoms with van der Waals surface area (Å²) in [5.74, 6) is -0.588. The van der Waals surface area contributed by atoms with Gasteiger partial charge in [0.2, 0.25) is 0 Å². The monoisotopic (exact) mass is 528 g/mol. The number of ether oxygens (including phenoxy) is 1. The number of nitrogens with zero attached hydrogens (tertiary/aromatic N) is 4. The first-order chi connectivity index (χ1) is 17.5. The van der Waals surface area contributed by atoms with Gasteiger partial charge in [-0.2, -0.15) is 4.31 Å². The molecule has 4 rings (SSSR count). The molecule has 0 spiro atoms. The molecule has 0 saturated heterocycles. The molecule has 1 unspecified atom stereocenters. The molecule has 200 valence electrons. The molecule has 37 heavy (non-hydrogen) atoms. The fraction of sp³-hybridized carbons (Fsp3) is 0.444. The molecule has 1 aliphatic rings. The molecular formula is C27H36N4O5S. The molecule has 9 nitrogen and oxygen atoms in total. The molecule has 0 amide bonds. The lowest BCUT2D eigenvalue weighted by atomic mass is 9.88. The summed E-state index contributed by atoms with van der Waals surface area (Å²) >= 11 is 0. The summed E-state index contributed by atoms with van der Waals surface area (Å²) in [5.41, 5.74) is 3.67. The van der Waals surface area contributed by atoms with Crippen LogP contribution >= 0.6 is 10.8 Å². The molecule has 10 heteroatoms. The Kier molecular flexibility index (Phi) is 8.23. The van der Waals surface area contributed by atoms with Crippen molar-refractivity contribution in [1.82, 2.24) is 19.3 Å². The number of hydrogen-bond donors (Lipinski definition) is 3. The van der Waals surface area contributed by atoms with Gasteiger partial charge in [0.05, 0.1) is 18.7 Å². The van der Waals surface area contributed by atoms with E-state index in [0.29, 0.717) is 36.6 Å². The van der Waals surface area contributed by atoms with Gasteiger partial charge in [-0.3, -0.25) is 13.9 Å². The SMILES string of the molecule is Cc1ccc(C(CCc2cn(C(C)C)nn2)CC(=O)O)cc1CN1C[C@@H](C)Oc2ccccc2S1(O)O. The van der Waals surface area contributed by atoms with Gasteiger partial charge in [0, 0.05) is 18.8 Å². The van der Waals surface area contributed by atoms with Crippen LogP contribution in [0.5, 0.6) is 5.75 Å². The summed E-state index contributed by atoms with van der Waals surface area (Å²) in [6.45, 7) is 8.59. The zero-order valence-corrected chi connectivity index (χ0v) is 22.6. The van der Waals surface area contributed by atoms with Crippen molar-refractivity contribution in [2.75, 3.05) is 6.54 Å². The molecule has 1 aromatic heterocycles. The van der Waals surface area contributed by atoms with Crippen LogP contribution < -0.4 is 4.74 Å². The summed E-state index contributed by atoms with van der Waals surface area (Å²) in [5, 5.41) is 18.0. The van der Waals surface area contributed by atoms with E-state index in [-0.39, 0.29) is 24.5 Å². The van der Waals surface area contributed by atoms with Crippen molar-refractivity contribution in [3.63, 3.8) is 0 Å². The Morgan fingerprint density at radius 2 is 1.97 bits per heavy atom. The Labute approximate surface area is 219 Å². The number of benzene rings is 2. The lowest BCUT2D eigenvalue weighted by molar-refractivity contribution is -0.137. The second kappa shape index (κ2) is 11.2. The van der Waals surface area contributed by atoms with Gasteiger partial charge in [0.15, 0.2) is 0 Å². The van der Waals surface area contributed by atoms with E-state index >= 15 is 0 Å². The summed E-state index contributed by atoms with van der Waals surface area (Å²) < 4.78 is 32.0. The number of aliphatic carboxylic acids is 1. The van der Waals surface area contributed by atoms with Crippen LogP contribution in [0.4, 0.5) is 0 Å². The van der Waals surface area contributed by atoms with Crippen molar-refractivity contribution < 1.29 is 23.7 Å². The minimum Gasteiger partial charge on any atom is -0.487 e. The quantitative estimate of drug-likeness (QED) is 0.325. The van der Waals surface area contributed by atoms with Crippen LogP contribution in [-0.4, -0.2) is 52.1 Å². The molecule has 0 fully saturated rings. The molecule has 3 N–H and O–H groups in total. The van der Waals surface area contributed by atoms with Crippen molar-refractivity contribution in [1.29, 1.82) is 0 Å². The van der Waals surface area contributed by atoms with E-state index in [4.69, 9.17) is 4.74 Å². The van der Waals surface area contributed by atoms with Crippen LogP contribution in [0.25, 0.3) is 0 Å². The molecular weight excluding hydrogens is 492 g/mol. The highest BCUT2D eigenvalue weighted by atomic mass is 32.3. The fourth-order valence-electron chi connectivity index (χ4n) is 4.62. The Bertz CT molecular complexity index is 1250. The zero-order chi connectivity index (χ0) is 26.7. The molecule has 2 atom stereocenters. The topological polar surface area (TPSA) is 121 Å². The van der Waals surface area contributed by atoms with Crippen LogP contribution in [0.15, 0.2) is 53.6 Å². The molecule has 0 aliphatic carbocycles. The Hall–Kier alpha value is -2.92. The molecule has 0 saturated carbocycles. The van der Waals surface area contributed by atoms with Crippen molar-refractivity contribution in [2.24, 2.45) is 0 Å². The highest BCUT2D eigenvalue weighted by Gasteiger charge is 2.34. The second-order valence-corrected chi connectivity index (χ2v) is 12.0. The smallest absolute Gasteiger partial charge is 0.303 e. The van der Waals surface area contributed by atoms with Gasteiger partial charge in [-0.05, 0) is 75.3 Å². The minimum atomic E-state index is -3.27. The van der Waals surface area contributed by atoms with E-state index in [1.54, 1.807) is 27.2 Å². The maximum absolute atomic E-state index is 11.7. The first-order valence-corrected chi connectivity index (χ1v) is 14.1. The largest absolute Gasteiger partial charge is 0.487 e. The first-order valence-electron chi connectivity index (χ1n) is 12.6. The van der Waals surface area contributed by atoms with Crippen molar-refractivity contribution in [2.45, 2.75) is 76.5 Å². The van der Waals surface area contributed by atoms with Gasteiger partial charge < -0.3 is 9.84 Å². The molecule has 3 aromatic rings. The molecule has 0 radical (unpaired) electrons. The van der Waals surface area contributed by atoms with Crippen LogP contribution in [-0.2, 0) is 17.8 Å². The normalized spacial score (nSPS) is 19.1. The van der Waals surface area contributed by atoms with Gasteiger partial charge in [-0.25, -0.2) is 4.68 Å². The predicted octanol–water partition coefficient (Wildman–Crippen LogP) is 5.67. The van der Waals surface area contributed by atoms with E-state index in [9.17, 15) is 19.0 Å². The lowest BCUT2D eigenvalue weighted by Crippen LogP contribution is -2.33. The van der Waals surface area contributed by atoms with Crippen molar-refractivity contribution in [3.05, 3.63) is 71.0 Å². The Balaban J connectivity index is 1.58. The minimum absolute atomic E-state index is 0.00201. The molecule has 2 heterocycles. The maximum Gasteiger partial charge on any atom is 0.303 e. The fourth-order valence-corrected chi connectivity index (χ4v) is 6.28. The Morgan fingerprint density at radius 3 is 2.68 bits per heavy atom. The highest BCUT2D eigenvalue weighted by molar-refractivity contribution is 8.22. The van der Waals surface area contributed by atoms with E-state index in [1.807, 2.05) is 58.2 Å². The van der Waals surface area contributed by atoms with E-state index in [2.05, 4.69) is 10.3 Å². The maximum atomic E-state index is 11.7. The third-order valence-electron chi connectivity index (χ3n) is 6.74. The van der Waals surface area contributed by atoms with Gasteiger partial charge in [0.1, 0.15) is 16.7 Å². The first kappa shape index (κ1) is 27.1. The van der Waals surface area contributed by atoms with Crippen molar-refractivity contribution in [3.8, 4) is 5.75 Å². The average Bonchev–Trinajstić information content (AvgIpc) is 3.29. The van der Waals surface area contributed by atoms with Gasteiger partial charge in [-0.1, -0.05) is 35.5 Å². The van der Waals surface area contributed by atoms with Crippen LogP contribution in [0.2, 0.25) is 0 Å². The molecule has 2 aromatic carbocycles. The third kappa shape index (κ3) is 6.32.